The van der Waals surface area contributed by atoms with Crippen LogP contribution in [0.3, 0.4) is 0 Å². The fourth-order valence-electron chi connectivity index (χ4n) is 1.81. The Morgan fingerprint density at radius 3 is 2.61 bits per heavy atom. The maximum absolute atomic E-state index is 6.24. The predicted octanol–water partition coefficient (Wildman–Crippen LogP) is 4.30. The topological polar surface area (TPSA) is 35.2 Å². The molecule has 0 heterocycles. The number of hydrogen-bond acceptors (Lipinski definition) is 2. The zero-order valence-electron chi connectivity index (χ0n) is 12.2. The monoisotopic (exact) mass is 249 g/mol. The minimum absolute atomic E-state index is 0.106. The molecule has 0 amide bonds. The molecule has 2 heteroatoms. The number of nitrogens with two attached hydrogens (primary N) is 1. The van der Waals surface area contributed by atoms with E-state index in [9.17, 15) is 0 Å². The normalized spacial score (nSPS) is 13.4. The van der Waals surface area contributed by atoms with Crippen LogP contribution < -0.4 is 10.5 Å². The van der Waals surface area contributed by atoms with E-state index < -0.39 is 0 Å². The van der Waals surface area contributed by atoms with Gasteiger partial charge in [-0.3, -0.25) is 0 Å². The van der Waals surface area contributed by atoms with E-state index in [-0.39, 0.29) is 6.04 Å². The van der Waals surface area contributed by atoms with Gasteiger partial charge in [0, 0.05) is 6.04 Å². The van der Waals surface area contributed by atoms with Crippen molar-refractivity contribution in [1.82, 2.24) is 0 Å². The number of hydrogen-bond donors (Lipinski definition) is 1. The maximum Gasteiger partial charge on any atom is 0.119 e. The summed E-state index contributed by atoms with van der Waals surface area (Å²) in [7, 11) is 0. The van der Waals surface area contributed by atoms with Crippen molar-refractivity contribution in [3.05, 3.63) is 29.8 Å². The second-order valence-corrected chi connectivity index (χ2v) is 6.13. The van der Waals surface area contributed by atoms with Gasteiger partial charge in [0.05, 0.1) is 6.61 Å². The van der Waals surface area contributed by atoms with Gasteiger partial charge in [0.15, 0.2) is 0 Å². The summed E-state index contributed by atoms with van der Waals surface area (Å²) in [5.41, 5.74) is 7.76. The van der Waals surface area contributed by atoms with E-state index in [1.165, 1.54) is 5.56 Å². The average Bonchev–Trinajstić information content (AvgIpc) is 2.33. The minimum atomic E-state index is 0.106. The molecule has 0 saturated heterocycles. The van der Waals surface area contributed by atoms with Crippen LogP contribution in [0.15, 0.2) is 24.3 Å². The van der Waals surface area contributed by atoms with Crippen LogP contribution in [-0.4, -0.2) is 6.61 Å². The Morgan fingerprint density at radius 1 is 1.28 bits per heavy atom. The number of benzene rings is 1. The molecule has 0 aliphatic carbocycles. The largest absolute Gasteiger partial charge is 0.494 e. The highest BCUT2D eigenvalue weighted by molar-refractivity contribution is 5.30. The Morgan fingerprint density at radius 2 is 2.00 bits per heavy atom. The first-order valence-electron chi connectivity index (χ1n) is 6.91. The Hall–Kier alpha value is -1.02. The van der Waals surface area contributed by atoms with Gasteiger partial charge in [0.25, 0.3) is 0 Å². The molecule has 2 nitrogen and oxygen atoms in total. The summed E-state index contributed by atoms with van der Waals surface area (Å²) in [5, 5.41) is 0. The molecule has 1 atom stereocenters. The van der Waals surface area contributed by atoms with Crippen molar-refractivity contribution in [3.63, 3.8) is 0 Å². The molecule has 1 aromatic carbocycles. The zero-order valence-corrected chi connectivity index (χ0v) is 12.2. The molecule has 0 bridgehead atoms. The van der Waals surface area contributed by atoms with Crippen LogP contribution in [0, 0.1) is 5.41 Å². The number of ether oxygens (including phenoxy) is 1. The van der Waals surface area contributed by atoms with Crippen LogP contribution in [0.2, 0.25) is 0 Å². The van der Waals surface area contributed by atoms with E-state index in [0.29, 0.717) is 5.41 Å². The first-order chi connectivity index (χ1) is 8.42. The fourth-order valence-corrected chi connectivity index (χ4v) is 1.81. The molecule has 0 spiro atoms. The van der Waals surface area contributed by atoms with Crippen molar-refractivity contribution in [1.29, 1.82) is 0 Å². The first kappa shape index (κ1) is 15.0. The average molecular weight is 249 g/mol. The fraction of sp³-hybridized carbons (Fsp3) is 0.625. The Bertz CT molecular complexity index is 354. The molecule has 1 aromatic rings. The SMILES string of the molecule is CCCOc1cccc(C(N)CCC(C)(C)C)c1. The lowest BCUT2D eigenvalue weighted by Gasteiger charge is -2.21. The summed E-state index contributed by atoms with van der Waals surface area (Å²) in [6, 6.07) is 8.29. The number of rotatable bonds is 6. The molecule has 1 unspecified atom stereocenters. The molecular weight excluding hydrogens is 222 g/mol. The van der Waals surface area contributed by atoms with Crippen molar-refractivity contribution >= 4 is 0 Å². The molecule has 1 rings (SSSR count). The first-order valence-corrected chi connectivity index (χ1v) is 6.91. The molecule has 0 aliphatic heterocycles. The van der Waals surface area contributed by atoms with Gasteiger partial charge in [-0.25, -0.2) is 0 Å². The summed E-state index contributed by atoms with van der Waals surface area (Å²) < 4.78 is 5.64. The lowest BCUT2D eigenvalue weighted by molar-refractivity contribution is 0.316. The van der Waals surface area contributed by atoms with Crippen molar-refractivity contribution in [3.8, 4) is 5.75 Å². The van der Waals surface area contributed by atoms with Gasteiger partial charge < -0.3 is 10.5 Å². The van der Waals surface area contributed by atoms with Crippen LogP contribution in [0.5, 0.6) is 5.75 Å². The van der Waals surface area contributed by atoms with Gasteiger partial charge in [0.2, 0.25) is 0 Å². The Kier molecular flexibility index (Phi) is 5.67. The minimum Gasteiger partial charge on any atom is -0.494 e. The zero-order chi connectivity index (χ0) is 13.6. The summed E-state index contributed by atoms with van der Waals surface area (Å²) in [5.74, 6) is 0.931. The molecule has 18 heavy (non-hydrogen) atoms. The summed E-state index contributed by atoms with van der Waals surface area (Å²) in [6.07, 6.45) is 3.18. The van der Waals surface area contributed by atoms with Crippen LogP contribution in [-0.2, 0) is 0 Å². The third kappa shape index (κ3) is 5.54. The highest BCUT2D eigenvalue weighted by Crippen LogP contribution is 2.27. The summed E-state index contributed by atoms with van der Waals surface area (Å²) in [6.45, 7) is 9.63. The quantitative estimate of drug-likeness (QED) is 0.815. The van der Waals surface area contributed by atoms with Crippen LogP contribution >= 0.6 is 0 Å². The van der Waals surface area contributed by atoms with Crippen LogP contribution in [0.1, 0.15) is 58.6 Å². The molecule has 0 saturated carbocycles. The van der Waals surface area contributed by atoms with E-state index in [1.54, 1.807) is 0 Å². The molecule has 2 N–H and O–H groups in total. The summed E-state index contributed by atoms with van der Waals surface area (Å²) in [4.78, 5) is 0. The van der Waals surface area contributed by atoms with Crippen LogP contribution in [0.4, 0.5) is 0 Å². The second-order valence-electron chi connectivity index (χ2n) is 6.13. The molecule has 0 aromatic heterocycles. The molecule has 0 fully saturated rings. The van der Waals surface area contributed by atoms with Crippen LogP contribution in [0.25, 0.3) is 0 Å². The smallest absolute Gasteiger partial charge is 0.119 e. The molecule has 102 valence electrons. The highest BCUT2D eigenvalue weighted by Gasteiger charge is 2.14. The van der Waals surface area contributed by atoms with Gasteiger partial charge in [-0.15, -0.1) is 0 Å². The van der Waals surface area contributed by atoms with Crippen molar-refractivity contribution < 1.29 is 4.74 Å². The summed E-state index contributed by atoms with van der Waals surface area (Å²) >= 11 is 0. The van der Waals surface area contributed by atoms with E-state index in [0.717, 1.165) is 31.6 Å². The van der Waals surface area contributed by atoms with Gasteiger partial charge in [0.1, 0.15) is 5.75 Å². The molecule has 0 aliphatic rings. The third-order valence-corrected chi connectivity index (χ3v) is 2.96. The van der Waals surface area contributed by atoms with E-state index in [1.807, 2.05) is 12.1 Å². The van der Waals surface area contributed by atoms with Gasteiger partial charge in [-0.1, -0.05) is 39.8 Å². The lowest BCUT2D eigenvalue weighted by Crippen LogP contribution is -2.14. The third-order valence-electron chi connectivity index (χ3n) is 2.96. The second kappa shape index (κ2) is 6.79. The lowest BCUT2D eigenvalue weighted by atomic mass is 9.87. The van der Waals surface area contributed by atoms with Gasteiger partial charge >= 0.3 is 0 Å². The maximum atomic E-state index is 6.24. The van der Waals surface area contributed by atoms with E-state index >= 15 is 0 Å². The van der Waals surface area contributed by atoms with E-state index in [2.05, 4.69) is 39.8 Å². The molecular formula is C16H27NO. The van der Waals surface area contributed by atoms with Crippen molar-refractivity contribution in [2.45, 2.75) is 53.0 Å². The predicted molar refractivity (Wildman–Crippen MR) is 77.8 cm³/mol. The Balaban J connectivity index is 2.59. The van der Waals surface area contributed by atoms with Crippen molar-refractivity contribution in [2.24, 2.45) is 11.1 Å². The standard InChI is InChI=1S/C16H27NO/c1-5-11-18-14-8-6-7-13(12-14)15(17)9-10-16(2,3)4/h6-8,12,15H,5,9-11,17H2,1-4H3. The van der Waals surface area contributed by atoms with Gasteiger partial charge in [-0.2, -0.15) is 0 Å². The van der Waals surface area contributed by atoms with Crippen molar-refractivity contribution in [2.75, 3.05) is 6.61 Å². The van der Waals surface area contributed by atoms with Gasteiger partial charge in [-0.05, 0) is 42.4 Å². The Labute approximate surface area is 112 Å². The highest BCUT2D eigenvalue weighted by atomic mass is 16.5. The molecule has 0 radical (unpaired) electrons. The van der Waals surface area contributed by atoms with E-state index in [4.69, 9.17) is 10.5 Å².